The van der Waals surface area contributed by atoms with E-state index in [0.29, 0.717) is 5.69 Å². The van der Waals surface area contributed by atoms with Crippen LogP contribution in [0, 0.1) is 11.3 Å². The highest BCUT2D eigenvalue weighted by molar-refractivity contribution is 7.25. The molecule has 0 aliphatic heterocycles. The summed E-state index contributed by atoms with van der Waals surface area (Å²) in [6.07, 6.45) is 0. The smallest absolute Gasteiger partial charge is 0.119 e. The van der Waals surface area contributed by atoms with E-state index in [9.17, 15) is 0 Å². The van der Waals surface area contributed by atoms with Crippen LogP contribution >= 0.6 is 11.3 Å². The van der Waals surface area contributed by atoms with Crippen LogP contribution in [0.25, 0.3) is 20.3 Å². The fourth-order valence-corrected chi connectivity index (χ4v) is 2.76. The largest absolute Gasteiger partial charge is 0.345 e. The van der Waals surface area contributed by atoms with Crippen molar-refractivity contribution in [1.82, 2.24) is 4.98 Å². The number of nitriles is 1. The molecule has 0 radical (unpaired) electrons. The molecule has 0 aliphatic carbocycles. The number of aromatic amines is 1. The van der Waals surface area contributed by atoms with Crippen LogP contribution < -0.4 is 0 Å². The maximum Gasteiger partial charge on any atom is 0.119 e. The van der Waals surface area contributed by atoms with Gasteiger partial charge in [0.1, 0.15) is 11.8 Å². The molecule has 0 atom stereocenters. The molecular weight excluding hydrogens is 192 g/mol. The molecule has 0 amide bonds. The first-order valence-corrected chi connectivity index (χ1v) is 5.10. The van der Waals surface area contributed by atoms with E-state index in [4.69, 9.17) is 5.26 Å². The average molecular weight is 198 g/mol. The highest BCUT2D eigenvalue weighted by atomic mass is 32.1. The highest BCUT2D eigenvalue weighted by Gasteiger charge is 2.06. The first-order valence-electron chi connectivity index (χ1n) is 4.29. The Hall–Kier alpha value is -1.79. The van der Waals surface area contributed by atoms with Crippen LogP contribution in [-0.2, 0) is 0 Å². The van der Waals surface area contributed by atoms with Gasteiger partial charge in [-0.25, -0.2) is 0 Å². The van der Waals surface area contributed by atoms with Crippen molar-refractivity contribution in [3.8, 4) is 6.07 Å². The van der Waals surface area contributed by atoms with Crippen LogP contribution in [0.15, 0.2) is 30.3 Å². The van der Waals surface area contributed by atoms with E-state index in [1.54, 1.807) is 11.3 Å². The number of rotatable bonds is 0. The summed E-state index contributed by atoms with van der Waals surface area (Å²) in [5, 5.41) is 9.96. The predicted molar refractivity (Wildman–Crippen MR) is 58.4 cm³/mol. The fourth-order valence-electron chi connectivity index (χ4n) is 1.66. The zero-order chi connectivity index (χ0) is 9.54. The molecule has 0 saturated heterocycles. The monoisotopic (exact) mass is 198 g/mol. The lowest BCUT2D eigenvalue weighted by atomic mass is 10.2. The Morgan fingerprint density at radius 3 is 2.93 bits per heavy atom. The van der Waals surface area contributed by atoms with E-state index in [-0.39, 0.29) is 0 Å². The summed E-state index contributed by atoms with van der Waals surface area (Å²) in [6, 6.07) is 12.2. The first-order chi connectivity index (χ1) is 6.88. The standard InChI is InChI=1S/C11H6N2S/c12-6-7-5-10-11(13-7)8-3-1-2-4-9(8)14-10/h1-5,13H. The Labute approximate surface area is 84.4 Å². The van der Waals surface area contributed by atoms with Gasteiger partial charge in [-0.1, -0.05) is 18.2 Å². The van der Waals surface area contributed by atoms with Crippen LogP contribution in [0.4, 0.5) is 0 Å². The maximum atomic E-state index is 8.75. The number of nitrogens with zero attached hydrogens (tertiary/aromatic N) is 1. The van der Waals surface area contributed by atoms with Gasteiger partial charge >= 0.3 is 0 Å². The minimum absolute atomic E-state index is 0.636. The van der Waals surface area contributed by atoms with Crippen molar-refractivity contribution in [2.45, 2.75) is 0 Å². The second kappa shape index (κ2) is 2.60. The van der Waals surface area contributed by atoms with E-state index in [0.717, 1.165) is 10.2 Å². The molecule has 1 aromatic carbocycles. The lowest BCUT2D eigenvalue weighted by Gasteiger charge is -1.86. The van der Waals surface area contributed by atoms with Crippen LogP contribution in [0.1, 0.15) is 5.69 Å². The maximum absolute atomic E-state index is 8.75. The molecule has 3 rings (SSSR count). The van der Waals surface area contributed by atoms with Gasteiger partial charge in [0.05, 0.1) is 10.2 Å². The van der Waals surface area contributed by atoms with Gasteiger partial charge in [-0.3, -0.25) is 0 Å². The third-order valence-corrected chi connectivity index (χ3v) is 3.40. The van der Waals surface area contributed by atoms with E-state index < -0.39 is 0 Å². The van der Waals surface area contributed by atoms with E-state index in [2.05, 4.69) is 23.2 Å². The van der Waals surface area contributed by atoms with Crippen molar-refractivity contribution >= 4 is 31.6 Å². The Kier molecular flexibility index (Phi) is 1.41. The van der Waals surface area contributed by atoms with Gasteiger partial charge in [0, 0.05) is 10.1 Å². The Bertz CT molecular complexity index is 655. The summed E-state index contributed by atoms with van der Waals surface area (Å²) in [5.74, 6) is 0. The van der Waals surface area contributed by atoms with Crippen LogP contribution in [0.2, 0.25) is 0 Å². The fraction of sp³-hybridized carbons (Fsp3) is 0. The number of hydrogen-bond acceptors (Lipinski definition) is 2. The second-order valence-electron chi connectivity index (χ2n) is 3.13. The summed E-state index contributed by atoms with van der Waals surface area (Å²) in [5.41, 5.74) is 1.72. The summed E-state index contributed by atoms with van der Waals surface area (Å²) in [7, 11) is 0. The van der Waals surface area contributed by atoms with Gasteiger partial charge in [-0.15, -0.1) is 11.3 Å². The molecular formula is C11H6N2S. The number of nitrogens with one attached hydrogen (secondary N) is 1. The molecule has 2 heterocycles. The van der Waals surface area contributed by atoms with Crippen molar-refractivity contribution in [1.29, 1.82) is 5.26 Å². The zero-order valence-electron chi connectivity index (χ0n) is 7.24. The topological polar surface area (TPSA) is 39.6 Å². The Morgan fingerprint density at radius 1 is 1.21 bits per heavy atom. The minimum Gasteiger partial charge on any atom is -0.345 e. The molecule has 0 bridgehead atoms. The molecule has 2 nitrogen and oxygen atoms in total. The molecule has 0 aliphatic rings. The van der Waals surface area contributed by atoms with Crippen molar-refractivity contribution < 1.29 is 0 Å². The molecule has 0 saturated carbocycles. The molecule has 3 heteroatoms. The molecule has 0 spiro atoms. The Morgan fingerprint density at radius 2 is 2.07 bits per heavy atom. The predicted octanol–water partition coefficient (Wildman–Crippen LogP) is 3.25. The summed E-state index contributed by atoms with van der Waals surface area (Å²) < 4.78 is 2.42. The number of thiophene rings is 1. The normalized spacial score (nSPS) is 10.8. The summed E-state index contributed by atoms with van der Waals surface area (Å²) in [6.45, 7) is 0. The summed E-state index contributed by atoms with van der Waals surface area (Å²) >= 11 is 1.72. The van der Waals surface area contributed by atoms with Crippen molar-refractivity contribution in [3.63, 3.8) is 0 Å². The van der Waals surface area contributed by atoms with Gasteiger partial charge in [0.2, 0.25) is 0 Å². The Balaban J connectivity index is 2.52. The SMILES string of the molecule is N#Cc1cc2sc3ccccc3c2[nH]1. The van der Waals surface area contributed by atoms with Gasteiger partial charge in [-0.05, 0) is 12.1 Å². The van der Waals surface area contributed by atoms with Gasteiger partial charge in [-0.2, -0.15) is 5.26 Å². The van der Waals surface area contributed by atoms with Gasteiger partial charge < -0.3 is 4.98 Å². The number of H-pyrrole nitrogens is 1. The van der Waals surface area contributed by atoms with Crippen LogP contribution in [-0.4, -0.2) is 4.98 Å². The molecule has 2 aromatic heterocycles. The number of hydrogen-bond donors (Lipinski definition) is 1. The first kappa shape index (κ1) is 7.60. The summed E-state index contributed by atoms with van der Waals surface area (Å²) in [4.78, 5) is 3.12. The van der Waals surface area contributed by atoms with Gasteiger partial charge in [0.15, 0.2) is 0 Å². The third kappa shape index (κ3) is 0.889. The molecule has 1 N–H and O–H groups in total. The molecule has 0 unspecified atom stereocenters. The van der Waals surface area contributed by atoms with Crippen LogP contribution in [0.3, 0.4) is 0 Å². The third-order valence-electron chi connectivity index (χ3n) is 2.28. The highest BCUT2D eigenvalue weighted by Crippen LogP contribution is 2.33. The molecule has 14 heavy (non-hydrogen) atoms. The lowest BCUT2D eigenvalue weighted by Crippen LogP contribution is -1.70. The molecule has 0 fully saturated rings. The zero-order valence-corrected chi connectivity index (χ0v) is 8.06. The van der Waals surface area contributed by atoms with E-state index >= 15 is 0 Å². The van der Waals surface area contributed by atoms with E-state index in [1.165, 1.54) is 10.1 Å². The van der Waals surface area contributed by atoms with Crippen molar-refractivity contribution in [2.75, 3.05) is 0 Å². The second-order valence-corrected chi connectivity index (χ2v) is 4.22. The minimum atomic E-state index is 0.636. The quantitative estimate of drug-likeness (QED) is 0.591. The molecule has 3 aromatic rings. The van der Waals surface area contributed by atoms with Crippen LogP contribution in [0.5, 0.6) is 0 Å². The van der Waals surface area contributed by atoms with Gasteiger partial charge in [0.25, 0.3) is 0 Å². The lowest BCUT2D eigenvalue weighted by molar-refractivity contribution is 1.38. The number of benzene rings is 1. The van der Waals surface area contributed by atoms with Crippen molar-refractivity contribution in [2.24, 2.45) is 0 Å². The number of fused-ring (bicyclic) bond motifs is 3. The van der Waals surface area contributed by atoms with Crippen molar-refractivity contribution in [3.05, 3.63) is 36.0 Å². The number of aromatic nitrogens is 1. The van der Waals surface area contributed by atoms with E-state index in [1.807, 2.05) is 18.2 Å². The average Bonchev–Trinajstić information content (AvgIpc) is 2.73. The molecule has 66 valence electrons.